The third-order valence-electron chi connectivity index (χ3n) is 3.78. The van der Waals surface area contributed by atoms with Crippen molar-refractivity contribution >= 4 is 11.9 Å². The molecule has 1 fully saturated rings. The second-order valence-corrected chi connectivity index (χ2v) is 5.38. The van der Waals surface area contributed by atoms with E-state index in [0.29, 0.717) is 18.4 Å². The molecule has 120 valence electrons. The van der Waals surface area contributed by atoms with E-state index in [1.807, 2.05) is 0 Å². The topological polar surface area (TPSA) is 94.3 Å². The van der Waals surface area contributed by atoms with Gasteiger partial charge in [0.25, 0.3) is 17.6 Å². The van der Waals surface area contributed by atoms with Crippen LogP contribution >= 0.6 is 0 Å². The maximum Gasteiger partial charge on any atom is 0.313 e. The Balaban J connectivity index is 1.65. The number of rotatable bonds is 5. The Bertz CT molecular complexity index is 737. The van der Waals surface area contributed by atoms with Gasteiger partial charge in [-0.3, -0.25) is 9.59 Å². The Morgan fingerprint density at radius 2 is 2.04 bits per heavy atom. The lowest BCUT2D eigenvalue weighted by molar-refractivity contribution is -0.146. The molecule has 1 saturated carbocycles. The summed E-state index contributed by atoms with van der Waals surface area (Å²) in [6, 6.07) is 5.46. The molecule has 1 aromatic heterocycles. The molecule has 0 radical (unpaired) electrons. The zero-order valence-electron chi connectivity index (χ0n) is 12.3. The standard InChI is InChI=1S/C15H14FN3O4/c1-22-14(21)15(6-7-15)8-17-12(20)11-18-13(23-19-11)9-2-4-10(16)5-3-9/h2-5H,6-8H2,1H3,(H,17,20). The van der Waals surface area contributed by atoms with Crippen molar-refractivity contribution in [1.82, 2.24) is 15.5 Å². The molecular formula is C15H14FN3O4. The lowest BCUT2D eigenvalue weighted by Crippen LogP contribution is -2.35. The Kier molecular flexibility index (Phi) is 3.81. The number of esters is 1. The van der Waals surface area contributed by atoms with E-state index >= 15 is 0 Å². The molecule has 8 heteroatoms. The summed E-state index contributed by atoms with van der Waals surface area (Å²) in [7, 11) is 1.32. The minimum Gasteiger partial charge on any atom is -0.469 e. The quantitative estimate of drug-likeness (QED) is 0.841. The fourth-order valence-corrected chi connectivity index (χ4v) is 2.17. The van der Waals surface area contributed by atoms with Crippen LogP contribution in [0.4, 0.5) is 4.39 Å². The summed E-state index contributed by atoms with van der Waals surface area (Å²) in [5, 5.41) is 6.20. The van der Waals surface area contributed by atoms with E-state index in [0.717, 1.165) is 0 Å². The number of carbonyl (C=O) groups is 2. The van der Waals surface area contributed by atoms with Crippen LogP contribution in [0.5, 0.6) is 0 Å². The Morgan fingerprint density at radius 1 is 1.35 bits per heavy atom. The zero-order valence-corrected chi connectivity index (χ0v) is 12.3. The smallest absolute Gasteiger partial charge is 0.313 e. The van der Waals surface area contributed by atoms with Crippen molar-refractivity contribution in [3.63, 3.8) is 0 Å². The van der Waals surface area contributed by atoms with Crippen LogP contribution in [0.1, 0.15) is 23.5 Å². The molecule has 1 aliphatic carbocycles. The average Bonchev–Trinajstić information content (AvgIpc) is 3.20. The largest absolute Gasteiger partial charge is 0.469 e. The van der Waals surface area contributed by atoms with Gasteiger partial charge in [-0.05, 0) is 37.1 Å². The number of hydrogen-bond acceptors (Lipinski definition) is 6. The molecule has 3 rings (SSSR count). The Morgan fingerprint density at radius 3 is 2.65 bits per heavy atom. The first-order chi connectivity index (χ1) is 11.0. The highest BCUT2D eigenvalue weighted by Crippen LogP contribution is 2.46. The lowest BCUT2D eigenvalue weighted by Gasteiger charge is -2.12. The van der Waals surface area contributed by atoms with E-state index in [1.165, 1.54) is 31.4 Å². The molecule has 1 N–H and O–H groups in total. The molecule has 1 aromatic carbocycles. The SMILES string of the molecule is COC(=O)C1(CNC(=O)c2noc(-c3ccc(F)cc3)n2)CC1. The number of methoxy groups -OCH3 is 1. The monoisotopic (exact) mass is 319 g/mol. The second-order valence-electron chi connectivity index (χ2n) is 5.38. The van der Waals surface area contributed by atoms with Crippen LogP contribution in [0, 0.1) is 11.2 Å². The van der Waals surface area contributed by atoms with Gasteiger partial charge in [0.2, 0.25) is 0 Å². The van der Waals surface area contributed by atoms with Crippen LogP contribution < -0.4 is 5.32 Å². The summed E-state index contributed by atoms with van der Waals surface area (Å²) in [5.74, 6) is -1.30. The first kappa shape index (κ1) is 15.1. The normalized spacial score (nSPS) is 15.0. The van der Waals surface area contributed by atoms with Crippen molar-refractivity contribution in [2.75, 3.05) is 13.7 Å². The highest BCUT2D eigenvalue weighted by Gasteiger charge is 2.51. The van der Waals surface area contributed by atoms with E-state index in [2.05, 4.69) is 15.5 Å². The Labute approximate surface area is 130 Å². The predicted molar refractivity (Wildman–Crippen MR) is 75.7 cm³/mol. The van der Waals surface area contributed by atoms with Crippen LogP contribution in [0.15, 0.2) is 28.8 Å². The minimum absolute atomic E-state index is 0.115. The van der Waals surface area contributed by atoms with Crippen molar-refractivity contribution < 1.29 is 23.2 Å². The number of halogens is 1. The number of benzene rings is 1. The molecule has 2 aromatic rings. The number of aromatic nitrogens is 2. The fourth-order valence-electron chi connectivity index (χ4n) is 2.17. The Hall–Kier alpha value is -2.77. The molecule has 0 atom stereocenters. The summed E-state index contributed by atoms with van der Waals surface area (Å²) < 4.78 is 22.6. The summed E-state index contributed by atoms with van der Waals surface area (Å²) >= 11 is 0. The average molecular weight is 319 g/mol. The van der Waals surface area contributed by atoms with E-state index in [4.69, 9.17) is 9.26 Å². The molecule has 0 saturated heterocycles. The molecular weight excluding hydrogens is 305 g/mol. The molecule has 7 nitrogen and oxygen atoms in total. The van der Waals surface area contributed by atoms with Crippen molar-refractivity contribution in [2.24, 2.45) is 5.41 Å². The molecule has 23 heavy (non-hydrogen) atoms. The van der Waals surface area contributed by atoms with Gasteiger partial charge in [0.05, 0.1) is 12.5 Å². The van der Waals surface area contributed by atoms with Crippen LogP contribution in [0.25, 0.3) is 11.5 Å². The third kappa shape index (κ3) is 3.05. The molecule has 1 aliphatic rings. The van der Waals surface area contributed by atoms with E-state index in [9.17, 15) is 14.0 Å². The zero-order chi connectivity index (χ0) is 16.4. The van der Waals surface area contributed by atoms with Crippen molar-refractivity contribution in [1.29, 1.82) is 0 Å². The number of ether oxygens (including phenoxy) is 1. The molecule has 0 unspecified atom stereocenters. The van der Waals surface area contributed by atoms with Crippen LogP contribution in [0.2, 0.25) is 0 Å². The number of nitrogens with zero attached hydrogens (tertiary/aromatic N) is 2. The van der Waals surface area contributed by atoms with Gasteiger partial charge < -0.3 is 14.6 Å². The molecule has 1 amide bonds. The molecule has 0 aliphatic heterocycles. The van der Waals surface area contributed by atoms with Crippen LogP contribution in [0.3, 0.4) is 0 Å². The number of nitrogens with one attached hydrogen (secondary N) is 1. The fraction of sp³-hybridized carbons (Fsp3) is 0.333. The third-order valence-corrected chi connectivity index (χ3v) is 3.78. The first-order valence-electron chi connectivity index (χ1n) is 7.00. The van der Waals surface area contributed by atoms with Crippen molar-refractivity contribution in [3.05, 3.63) is 35.9 Å². The summed E-state index contributed by atoms with van der Waals surface area (Å²) in [6.45, 7) is 0.166. The van der Waals surface area contributed by atoms with Crippen molar-refractivity contribution in [3.8, 4) is 11.5 Å². The van der Waals surface area contributed by atoms with Gasteiger partial charge in [-0.25, -0.2) is 4.39 Å². The predicted octanol–water partition coefficient (Wildman–Crippen LogP) is 1.56. The van der Waals surface area contributed by atoms with Crippen LogP contribution in [-0.4, -0.2) is 35.7 Å². The summed E-state index contributed by atoms with van der Waals surface area (Å²) in [5.41, 5.74) is -0.125. The highest BCUT2D eigenvalue weighted by atomic mass is 19.1. The maximum atomic E-state index is 12.9. The van der Waals surface area contributed by atoms with Gasteiger partial charge in [-0.2, -0.15) is 4.98 Å². The summed E-state index contributed by atoms with van der Waals surface area (Å²) in [4.78, 5) is 27.6. The van der Waals surface area contributed by atoms with Gasteiger partial charge >= 0.3 is 5.97 Å². The number of carbonyl (C=O) groups excluding carboxylic acids is 2. The molecule has 0 bridgehead atoms. The van der Waals surface area contributed by atoms with Gasteiger partial charge in [-0.1, -0.05) is 5.16 Å². The van der Waals surface area contributed by atoms with Gasteiger partial charge in [-0.15, -0.1) is 0 Å². The van der Waals surface area contributed by atoms with Gasteiger partial charge in [0.1, 0.15) is 5.82 Å². The minimum atomic E-state index is -0.631. The molecule has 0 spiro atoms. The second kappa shape index (κ2) is 5.79. The number of amides is 1. The van der Waals surface area contributed by atoms with E-state index in [1.54, 1.807) is 0 Å². The lowest BCUT2D eigenvalue weighted by atomic mass is 10.1. The maximum absolute atomic E-state index is 12.9. The van der Waals surface area contributed by atoms with E-state index < -0.39 is 11.3 Å². The first-order valence-corrected chi connectivity index (χ1v) is 7.00. The summed E-state index contributed by atoms with van der Waals surface area (Å²) in [6.07, 6.45) is 1.35. The van der Waals surface area contributed by atoms with Gasteiger partial charge in [0.15, 0.2) is 0 Å². The highest BCUT2D eigenvalue weighted by molar-refractivity contribution is 5.91. The number of hydrogen-bond donors (Lipinski definition) is 1. The van der Waals surface area contributed by atoms with Gasteiger partial charge in [0, 0.05) is 12.1 Å². The molecule has 1 heterocycles. The van der Waals surface area contributed by atoms with Crippen molar-refractivity contribution in [2.45, 2.75) is 12.8 Å². The van der Waals surface area contributed by atoms with E-state index in [-0.39, 0.29) is 30.0 Å². The van der Waals surface area contributed by atoms with Crippen LogP contribution in [-0.2, 0) is 9.53 Å².